The number of benzene rings is 1. The van der Waals surface area contributed by atoms with Crippen molar-refractivity contribution in [3.05, 3.63) is 52.9 Å². The summed E-state index contributed by atoms with van der Waals surface area (Å²) in [4.78, 5) is 35.8. The molecule has 0 bridgehead atoms. The molecule has 10 nitrogen and oxygen atoms in total. The summed E-state index contributed by atoms with van der Waals surface area (Å²) < 4.78 is 61.1. The number of piperidine rings is 1. The van der Waals surface area contributed by atoms with Crippen LogP contribution in [0, 0.1) is 11.8 Å². The standard InChI is InChI=1S/C30H35N5O3S3.C2HF3O2/c36-30(34-13-1-2-14-34)23-7-4-12-33(19-23)20-24-17-31-29(40-24)25-16-22-6-3-8-26(28(22)32-25)35(18-21-10-11-21)41(37,38)27-9-5-15-39-27;3-2(4,5)1(6)7/h3,5-6,8-9,15-17,21,23,32H,1-2,4,7,10-14,18-20H2;(H,6,7). The molecule has 1 aromatic carbocycles. The number of carbonyl (C=O) groups excluding carboxylic acids is 1. The van der Waals surface area contributed by atoms with Crippen LogP contribution in [0.3, 0.4) is 0 Å². The molecule has 2 aliphatic heterocycles. The Bertz CT molecular complexity index is 1850. The van der Waals surface area contributed by atoms with E-state index in [4.69, 9.17) is 14.9 Å². The summed E-state index contributed by atoms with van der Waals surface area (Å²) in [6.45, 7) is 4.93. The fourth-order valence-corrected chi connectivity index (χ4v) is 9.75. The Morgan fingerprint density at radius 1 is 1.06 bits per heavy atom. The van der Waals surface area contributed by atoms with E-state index in [1.807, 2.05) is 29.8 Å². The van der Waals surface area contributed by atoms with Gasteiger partial charge in [0.2, 0.25) is 5.91 Å². The first-order valence-corrected chi connectivity index (χ1v) is 19.0. The average Bonchev–Trinajstić information content (AvgIpc) is 3.60. The van der Waals surface area contributed by atoms with E-state index in [9.17, 15) is 26.4 Å². The van der Waals surface area contributed by atoms with Gasteiger partial charge in [0.25, 0.3) is 10.0 Å². The molecular formula is C32H36F3N5O5S3. The average molecular weight is 724 g/mol. The number of thiophene rings is 1. The number of para-hydroxylation sites is 1. The molecule has 0 radical (unpaired) electrons. The van der Waals surface area contributed by atoms with E-state index in [2.05, 4.69) is 20.9 Å². The van der Waals surface area contributed by atoms with E-state index in [1.165, 1.54) is 16.2 Å². The number of sulfonamides is 1. The predicted octanol–water partition coefficient (Wildman–Crippen LogP) is 6.43. The molecule has 48 heavy (non-hydrogen) atoms. The van der Waals surface area contributed by atoms with Crippen LogP contribution in [0.1, 0.15) is 43.4 Å². The summed E-state index contributed by atoms with van der Waals surface area (Å²) in [7, 11) is -3.65. The molecule has 2 N–H and O–H groups in total. The lowest BCUT2D eigenvalue weighted by Gasteiger charge is -2.33. The number of nitrogens with zero attached hydrogens (tertiary/aromatic N) is 4. The van der Waals surface area contributed by atoms with Gasteiger partial charge in [-0.1, -0.05) is 18.2 Å². The molecule has 3 fully saturated rings. The summed E-state index contributed by atoms with van der Waals surface area (Å²) in [5.74, 6) is -1.92. The number of carbonyl (C=O) groups is 2. The minimum atomic E-state index is -5.08. The van der Waals surface area contributed by atoms with Gasteiger partial charge in [0.05, 0.1) is 22.8 Å². The Morgan fingerprint density at radius 3 is 2.48 bits per heavy atom. The Hall–Kier alpha value is -3.47. The number of H-pyrrole nitrogens is 1. The minimum absolute atomic E-state index is 0.102. The molecule has 1 unspecified atom stereocenters. The van der Waals surface area contributed by atoms with Gasteiger partial charge in [-0.2, -0.15) is 13.2 Å². The van der Waals surface area contributed by atoms with Crippen molar-refractivity contribution in [2.75, 3.05) is 37.0 Å². The molecule has 1 atom stereocenters. The maximum absolute atomic E-state index is 13.7. The number of likely N-dealkylation sites (tertiary alicyclic amines) is 2. The highest BCUT2D eigenvalue weighted by Crippen LogP contribution is 2.39. The van der Waals surface area contributed by atoms with Gasteiger partial charge in [0, 0.05) is 49.2 Å². The molecule has 1 saturated carbocycles. The summed E-state index contributed by atoms with van der Waals surface area (Å²) in [6, 6.07) is 11.4. The largest absolute Gasteiger partial charge is 0.490 e. The van der Waals surface area contributed by atoms with Gasteiger partial charge >= 0.3 is 12.1 Å². The molecule has 0 spiro atoms. The first kappa shape index (κ1) is 34.4. The lowest BCUT2D eigenvalue weighted by molar-refractivity contribution is -0.192. The monoisotopic (exact) mass is 723 g/mol. The molecule has 4 aromatic rings. The van der Waals surface area contributed by atoms with E-state index in [0.29, 0.717) is 28.3 Å². The number of nitrogens with one attached hydrogen (secondary N) is 1. The van der Waals surface area contributed by atoms with E-state index in [1.54, 1.807) is 27.8 Å². The predicted molar refractivity (Wildman–Crippen MR) is 178 cm³/mol. The lowest BCUT2D eigenvalue weighted by Crippen LogP contribution is -2.43. The molecule has 5 heterocycles. The molecule has 258 valence electrons. The number of hydrogen-bond acceptors (Lipinski definition) is 8. The van der Waals surface area contributed by atoms with Crippen molar-refractivity contribution < 1.29 is 36.3 Å². The number of rotatable bonds is 9. The Kier molecular flexibility index (Phi) is 10.2. The third kappa shape index (κ3) is 7.87. The zero-order valence-corrected chi connectivity index (χ0v) is 28.4. The number of thiazole rings is 1. The van der Waals surface area contributed by atoms with Crippen LogP contribution in [0.25, 0.3) is 21.6 Å². The Balaban J connectivity index is 0.000000519. The summed E-state index contributed by atoms with van der Waals surface area (Å²) in [5, 5.41) is 10.8. The van der Waals surface area contributed by atoms with Gasteiger partial charge in [-0.05, 0) is 74.6 Å². The zero-order valence-electron chi connectivity index (χ0n) is 26.0. The van der Waals surface area contributed by atoms with E-state index < -0.39 is 22.2 Å². The number of aromatic nitrogens is 2. The van der Waals surface area contributed by atoms with E-state index in [-0.39, 0.29) is 5.92 Å². The second-order valence-electron chi connectivity index (χ2n) is 12.4. The highest BCUT2D eigenvalue weighted by atomic mass is 32.2. The molecule has 1 amide bonds. The third-order valence-electron chi connectivity index (χ3n) is 8.74. The van der Waals surface area contributed by atoms with Gasteiger partial charge in [-0.15, -0.1) is 22.7 Å². The number of aromatic amines is 1. The van der Waals surface area contributed by atoms with Crippen LogP contribution in [0.5, 0.6) is 0 Å². The van der Waals surface area contributed by atoms with Crippen molar-refractivity contribution in [2.24, 2.45) is 11.8 Å². The first-order chi connectivity index (χ1) is 22.9. The van der Waals surface area contributed by atoms with Gasteiger partial charge in [0.1, 0.15) is 9.22 Å². The molecule has 16 heteroatoms. The van der Waals surface area contributed by atoms with Crippen molar-refractivity contribution in [2.45, 2.75) is 55.5 Å². The summed E-state index contributed by atoms with van der Waals surface area (Å²) >= 11 is 2.92. The molecule has 3 aromatic heterocycles. The maximum atomic E-state index is 13.7. The van der Waals surface area contributed by atoms with Gasteiger partial charge in [-0.3, -0.25) is 14.0 Å². The smallest absolute Gasteiger partial charge is 0.475 e. The zero-order chi connectivity index (χ0) is 34.1. The fraction of sp³-hybridized carbons (Fsp3) is 0.469. The second kappa shape index (κ2) is 14.2. The van der Waals surface area contributed by atoms with Crippen LogP contribution >= 0.6 is 22.7 Å². The third-order valence-corrected chi connectivity index (χ3v) is 12.9. The van der Waals surface area contributed by atoms with Crippen molar-refractivity contribution in [3.8, 4) is 10.7 Å². The summed E-state index contributed by atoms with van der Waals surface area (Å²) in [6.07, 6.45) is 3.28. The number of fused-ring (bicyclic) bond motifs is 1. The number of aliphatic carboxylic acids is 1. The number of hydrogen-bond donors (Lipinski definition) is 2. The topological polar surface area (TPSA) is 127 Å². The van der Waals surface area contributed by atoms with Crippen molar-refractivity contribution >= 4 is 61.2 Å². The van der Waals surface area contributed by atoms with Crippen LogP contribution < -0.4 is 4.31 Å². The summed E-state index contributed by atoms with van der Waals surface area (Å²) in [5.41, 5.74) is 2.40. The lowest BCUT2D eigenvalue weighted by atomic mass is 9.96. The van der Waals surface area contributed by atoms with Crippen LogP contribution in [0.15, 0.2) is 52.2 Å². The highest BCUT2D eigenvalue weighted by molar-refractivity contribution is 7.94. The van der Waals surface area contributed by atoms with Gasteiger partial charge < -0.3 is 15.0 Å². The van der Waals surface area contributed by atoms with Crippen LogP contribution in [-0.4, -0.2) is 84.1 Å². The van der Waals surface area contributed by atoms with E-state index in [0.717, 1.165) is 92.9 Å². The molecule has 3 aliphatic rings. The second-order valence-corrected chi connectivity index (χ2v) is 16.5. The van der Waals surface area contributed by atoms with Gasteiger partial charge in [-0.25, -0.2) is 18.2 Å². The minimum Gasteiger partial charge on any atom is -0.475 e. The Morgan fingerprint density at radius 2 is 1.81 bits per heavy atom. The number of carboxylic acid groups (broad SMARTS) is 1. The van der Waals surface area contributed by atoms with Gasteiger partial charge in [0.15, 0.2) is 0 Å². The number of halogens is 3. The fourth-order valence-electron chi connectivity index (χ4n) is 6.16. The maximum Gasteiger partial charge on any atom is 0.490 e. The van der Waals surface area contributed by atoms with Crippen LogP contribution in [-0.2, 0) is 26.2 Å². The van der Waals surface area contributed by atoms with Crippen LogP contribution in [0.2, 0.25) is 0 Å². The number of anilines is 1. The van der Waals surface area contributed by atoms with Crippen molar-refractivity contribution in [3.63, 3.8) is 0 Å². The molecule has 2 saturated heterocycles. The normalized spacial score (nSPS) is 18.9. The molecular weight excluding hydrogens is 688 g/mol. The van der Waals surface area contributed by atoms with E-state index >= 15 is 0 Å². The SMILES string of the molecule is O=C(C1CCCN(Cc2cnc(-c3cc4cccc(N(CC5CC5)S(=O)(=O)c5cccs5)c4[nH]3)s2)C1)N1CCCC1.O=C(O)C(F)(F)F. The molecule has 7 rings (SSSR count). The van der Waals surface area contributed by atoms with Crippen molar-refractivity contribution in [1.29, 1.82) is 0 Å². The number of amides is 1. The number of alkyl halides is 3. The van der Waals surface area contributed by atoms with Crippen LogP contribution in [0.4, 0.5) is 18.9 Å². The first-order valence-electron chi connectivity index (χ1n) is 15.8. The number of carboxylic acids is 1. The Labute approximate surface area is 284 Å². The molecule has 1 aliphatic carbocycles. The quantitative estimate of drug-likeness (QED) is 0.204. The van der Waals surface area contributed by atoms with Crippen molar-refractivity contribution in [1.82, 2.24) is 19.8 Å². The highest BCUT2D eigenvalue weighted by Gasteiger charge is 2.38.